The van der Waals surface area contributed by atoms with Crippen LogP contribution in [-0.2, 0) is 23.9 Å². The van der Waals surface area contributed by atoms with Gasteiger partial charge in [-0.25, -0.2) is 14.4 Å². The number of hydrogen-bond donors (Lipinski definition) is 9. The van der Waals surface area contributed by atoms with Gasteiger partial charge in [0.1, 0.15) is 76.5 Å². The summed E-state index contributed by atoms with van der Waals surface area (Å²) in [5, 5.41) is 64.4. The fourth-order valence-electron chi connectivity index (χ4n) is 8.44. The summed E-state index contributed by atoms with van der Waals surface area (Å²) in [6.07, 6.45) is 0. The van der Waals surface area contributed by atoms with Gasteiger partial charge in [-0.2, -0.15) is 0 Å². The van der Waals surface area contributed by atoms with Gasteiger partial charge in [-0.15, -0.1) is 0 Å². The standard InChI is InChI=1S/C23H23NO7.C19H15NO7.C16H16BrNO6.C7H9BO3/c1-23(2,3)31-17(25)12-24-21(27)18-19(26)16-7-5-6-15(20(16)30-22(18)28)13-8-10-14(29-4)11-9-13;1-26-11-7-5-10(6-8-11)12-3-2-4-13-16(23)15(19(25)27-17(12)13)18(24)20-9-14(21)22;1-16(2,3)24-10(19)7-18-14(21)11-12(20)8-5-4-6-9(17)13(8)23-15(11)22;1-11-7-4-2-6(3-5-7)8(9)10/h5-11,26H,12H2,1-4H3,(H,24,27);2-8,23H,9H2,1H3,(H,20,24)(H,21,22);4-6,20H,7H2,1-3H3,(H,18,21);2-5,9-10H,1H3. The van der Waals surface area contributed by atoms with E-state index in [-0.39, 0.29) is 32.9 Å². The highest BCUT2D eigenvalue weighted by Gasteiger charge is 2.27. The number of aliphatic carboxylic acids is 1. The predicted octanol–water partition coefficient (Wildman–Crippen LogP) is 6.94. The smallest absolute Gasteiger partial charge is 0.488 e. The highest BCUT2D eigenvalue weighted by molar-refractivity contribution is 9.10. The summed E-state index contributed by atoms with van der Waals surface area (Å²) in [6, 6.07) is 35.2. The van der Waals surface area contributed by atoms with E-state index in [1.807, 2.05) is 5.32 Å². The van der Waals surface area contributed by atoms with Crippen LogP contribution in [0.1, 0.15) is 72.6 Å². The zero-order valence-corrected chi connectivity index (χ0v) is 52.9. The minimum absolute atomic E-state index is 0.111. The number of methoxy groups -OCH3 is 3. The first-order valence-corrected chi connectivity index (χ1v) is 28.5. The third kappa shape index (κ3) is 18.8. The van der Waals surface area contributed by atoms with Gasteiger partial charge in [-0.3, -0.25) is 28.8 Å². The minimum Gasteiger partial charge on any atom is -0.506 e. The summed E-state index contributed by atoms with van der Waals surface area (Å²) in [7, 11) is 3.26. The van der Waals surface area contributed by atoms with Crippen molar-refractivity contribution in [3.05, 3.63) is 180 Å². The Morgan fingerprint density at radius 2 is 0.774 bits per heavy atom. The maximum atomic E-state index is 12.5. The molecule has 6 aromatic carbocycles. The Morgan fingerprint density at radius 1 is 0.462 bits per heavy atom. The molecule has 0 saturated carbocycles. The van der Waals surface area contributed by atoms with Gasteiger partial charge in [0.05, 0.1) is 42.0 Å². The average molecular weight is 1340 g/mol. The zero-order chi connectivity index (χ0) is 68.6. The zero-order valence-electron chi connectivity index (χ0n) is 51.3. The molecule has 0 aliphatic rings. The van der Waals surface area contributed by atoms with Crippen molar-refractivity contribution < 1.29 is 96.2 Å². The van der Waals surface area contributed by atoms with Crippen molar-refractivity contribution in [2.24, 2.45) is 0 Å². The summed E-state index contributed by atoms with van der Waals surface area (Å²) in [5.41, 5.74) is -2.90. The first-order chi connectivity index (χ1) is 43.9. The number of carboxylic acid groups (broad SMARTS) is 1. The van der Waals surface area contributed by atoms with Crippen molar-refractivity contribution in [1.82, 2.24) is 16.0 Å². The molecule has 9 rings (SSSR count). The topological polar surface area (TPSA) is 397 Å². The van der Waals surface area contributed by atoms with Crippen LogP contribution in [0.2, 0.25) is 0 Å². The van der Waals surface area contributed by atoms with Gasteiger partial charge in [-0.05, 0) is 135 Å². The predicted molar refractivity (Wildman–Crippen MR) is 343 cm³/mol. The van der Waals surface area contributed by atoms with E-state index in [0.717, 1.165) is 5.56 Å². The number of rotatable bonds is 15. The molecule has 0 fully saturated rings. The number of nitrogens with one attached hydrogen (secondary N) is 3. The number of carbonyl (C=O) groups is 6. The van der Waals surface area contributed by atoms with Crippen molar-refractivity contribution in [3.63, 3.8) is 0 Å². The molecule has 26 nitrogen and oxygen atoms in total. The Balaban J connectivity index is 0.000000206. The molecule has 0 bridgehead atoms. The third-order valence-corrected chi connectivity index (χ3v) is 13.2. The lowest BCUT2D eigenvalue weighted by Gasteiger charge is -2.19. The first kappa shape index (κ1) is 71.1. The molecule has 0 aliphatic carbocycles. The van der Waals surface area contributed by atoms with Crippen molar-refractivity contribution in [3.8, 4) is 56.8 Å². The van der Waals surface area contributed by atoms with E-state index in [1.54, 1.807) is 172 Å². The maximum absolute atomic E-state index is 12.5. The van der Waals surface area contributed by atoms with Crippen molar-refractivity contribution >= 4 is 97.0 Å². The first-order valence-electron chi connectivity index (χ1n) is 27.7. The van der Waals surface area contributed by atoms with Gasteiger partial charge in [0, 0.05) is 11.1 Å². The van der Waals surface area contributed by atoms with Crippen LogP contribution in [-0.4, -0.2) is 125 Å². The molecular weight excluding hydrogens is 1280 g/mol. The molecule has 9 aromatic rings. The van der Waals surface area contributed by atoms with Crippen LogP contribution in [0, 0.1) is 0 Å². The van der Waals surface area contributed by atoms with E-state index < -0.39 is 124 Å². The normalized spacial score (nSPS) is 10.8. The number of halogens is 1. The number of amides is 3. The third-order valence-electron chi connectivity index (χ3n) is 12.6. The fourth-order valence-corrected chi connectivity index (χ4v) is 8.89. The molecule has 0 unspecified atom stereocenters. The van der Waals surface area contributed by atoms with E-state index in [9.17, 15) is 58.5 Å². The Morgan fingerprint density at radius 3 is 1.10 bits per heavy atom. The Hall–Kier alpha value is -11.0. The maximum Gasteiger partial charge on any atom is 0.488 e. The second kappa shape index (κ2) is 31.2. The van der Waals surface area contributed by atoms with E-state index in [0.29, 0.717) is 43.9 Å². The molecule has 0 atom stereocenters. The van der Waals surface area contributed by atoms with E-state index in [4.69, 9.17) is 52.1 Å². The summed E-state index contributed by atoms with van der Waals surface area (Å²) in [4.78, 5) is 107. The van der Waals surface area contributed by atoms with Gasteiger partial charge in [-0.1, -0.05) is 66.7 Å². The number of aromatic hydroxyl groups is 3. The number of para-hydroxylation sites is 3. The SMILES string of the molecule is CC(C)(C)OC(=O)CNC(=O)c1c(O)c2cccc(Br)c2oc1=O.COc1ccc(-c2cccc3c(O)c(C(=O)NCC(=O)O)c(=O)oc23)cc1.COc1ccc(-c2cccc3c(O)c(C(=O)NCC(=O)OC(C)(C)C)c(=O)oc23)cc1.COc1ccc(B(O)O)cc1. The molecule has 93 heavy (non-hydrogen) atoms. The summed E-state index contributed by atoms with van der Waals surface area (Å²) in [6.45, 7) is 8.55. The summed E-state index contributed by atoms with van der Waals surface area (Å²) < 4.78 is 41.5. The molecule has 0 saturated heterocycles. The van der Waals surface area contributed by atoms with E-state index in [2.05, 4.69) is 26.6 Å². The Labute approximate surface area is 537 Å². The average Bonchev–Trinajstić information content (AvgIpc) is 0.801. The Bertz CT molecular complexity index is 4420. The number of esters is 2. The monoisotopic (exact) mass is 1340 g/mol. The molecule has 0 spiro atoms. The number of carbonyl (C=O) groups excluding carboxylic acids is 5. The second-order valence-electron chi connectivity index (χ2n) is 21.5. The van der Waals surface area contributed by atoms with Crippen LogP contribution in [0.25, 0.3) is 55.2 Å². The van der Waals surface area contributed by atoms with Crippen molar-refractivity contribution in [1.29, 1.82) is 0 Å². The molecule has 0 radical (unpaired) electrons. The summed E-state index contributed by atoms with van der Waals surface area (Å²) >= 11 is 3.20. The largest absolute Gasteiger partial charge is 0.506 e. The molecular formula is C65H63BBrN3O23. The highest BCUT2D eigenvalue weighted by Crippen LogP contribution is 2.37. The summed E-state index contributed by atoms with van der Waals surface area (Å²) in [5.74, 6) is -5.09. The lowest BCUT2D eigenvalue weighted by molar-refractivity contribution is -0.154. The van der Waals surface area contributed by atoms with Crippen LogP contribution in [0.5, 0.6) is 34.5 Å². The Kier molecular flexibility index (Phi) is 23.8. The minimum atomic E-state index is -1.40. The van der Waals surface area contributed by atoms with Gasteiger partial charge in [0.15, 0.2) is 22.3 Å². The fraction of sp³-hybridized carbons (Fsp3) is 0.215. The van der Waals surface area contributed by atoms with E-state index >= 15 is 0 Å². The molecule has 9 N–H and O–H groups in total. The molecule has 0 aliphatic heterocycles. The lowest BCUT2D eigenvalue weighted by Crippen LogP contribution is -2.36. The quantitative estimate of drug-likeness (QED) is 0.0285. The van der Waals surface area contributed by atoms with Crippen LogP contribution in [0.4, 0.5) is 0 Å². The van der Waals surface area contributed by atoms with E-state index in [1.165, 1.54) is 18.2 Å². The van der Waals surface area contributed by atoms with Crippen LogP contribution < -0.4 is 52.5 Å². The van der Waals surface area contributed by atoms with Crippen LogP contribution in [0.15, 0.2) is 160 Å². The number of benzene rings is 6. The number of fused-ring (bicyclic) bond motifs is 3. The molecule has 3 aromatic heterocycles. The van der Waals surface area contributed by atoms with Gasteiger partial charge in [0.25, 0.3) is 17.7 Å². The van der Waals surface area contributed by atoms with Gasteiger partial charge < -0.3 is 83.4 Å². The van der Waals surface area contributed by atoms with Gasteiger partial charge >= 0.3 is 41.9 Å². The molecule has 486 valence electrons. The number of carboxylic acids is 1. The number of hydrogen-bond acceptors (Lipinski definition) is 22. The molecule has 3 heterocycles. The van der Waals surface area contributed by atoms with Crippen LogP contribution in [0.3, 0.4) is 0 Å². The van der Waals surface area contributed by atoms with Crippen LogP contribution >= 0.6 is 15.9 Å². The highest BCUT2D eigenvalue weighted by atomic mass is 79.9. The van der Waals surface area contributed by atoms with Crippen molar-refractivity contribution in [2.75, 3.05) is 41.0 Å². The van der Waals surface area contributed by atoms with Crippen molar-refractivity contribution in [2.45, 2.75) is 52.7 Å². The molecule has 28 heteroatoms. The molecule has 3 amide bonds. The number of ether oxygens (including phenoxy) is 5. The second-order valence-corrected chi connectivity index (χ2v) is 22.4. The lowest BCUT2D eigenvalue weighted by atomic mass is 9.80. The van der Waals surface area contributed by atoms with Gasteiger partial charge in [0.2, 0.25) is 0 Å².